The van der Waals surface area contributed by atoms with E-state index in [9.17, 15) is 4.79 Å². The van der Waals surface area contributed by atoms with Gasteiger partial charge in [-0.1, -0.05) is 50.6 Å². The van der Waals surface area contributed by atoms with Gasteiger partial charge in [0.05, 0.1) is 19.1 Å². The summed E-state index contributed by atoms with van der Waals surface area (Å²) in [5, 5.41) is 0. The monoisotopic (exact) mass is 317 g/mol. The lowest BCUT2D eigenvalue weighted by molar-refractivity contribution is -0.188. The Morgan fingerprint density at radius 1 is 1.17 bits per heavy atom. The predicted molar refractivity (Wildman–Crippen MR) is 89.1 cm³/mol. The highest BCUT2D eigenvalue weighted by Crippen LogP contribution is 2.34. The largest absolute Gasteiger partial charge is 0.347 e. The average Bonchev–Trinajstić information content (AvgIpc) is 3.04. The Morgan fingerprint density at radius 3 is 2.35 bits per heavy atom. The molecule has 2 heterocycles. The van der Waals surface area contributed by atoms with E-state index in [1.165, 1.54) is 0 Å². The number of carbonyl (C=O) groups is 1. The van der Waals surface area contributed by atoms with Gasteiger partial charge in [0, 0.05) is 25.9 Å². The molecule has 1 spiro atoms. The molecule has 126 valence electrons. The van der Waals surface area contributed by atoms with Gasteiger partial charge in [-0.2, -0.15) is 0 Å². The van der Waals surface area contributed by atoms with Gasteiger partial charge in [0.25, 0.3) is 0 Å². The lowest BCUT2D eigenvalue weighted by Gasteiger charge is -2.39. The summed E-state index contributed by atoms with van der Waals surface area (Å²) >= 11 is 0. The van der Waals surface area contributed by atoms with Crippen molar-refractivity contribution in [2.75, 3.05) is 26.3 Å². The van der Waals surface area contributed by atoms with E-state index in [-0.39, 0.29) is 11.8 Å². The fourth-order valence-electron chi connectivity index (χ4n) is 3.66. The zero-order valence-electron chi connectivity index (χ0n) is 14.2. The molecule has 2 saturated heterocycles. The summed E-state index contributed by atoms with van der Waals surface area (Å²) < 4.78 is 11.5. The molecule has 3 rings (SSSR count). The fourth-order valence-corrected chi connectivity index (χ4v) is 3.66. The van der Waals surface area contributed by atoms with Crippen LogP contribution >= 0.6 is 0 Å². The van der Waals surface area contributed by atoms with Crippen molar-refractivity contribution in [2.45, 2.75) is 44.8 Å². The van der Waals surface area contributed by atoms with E-state index < -0.39 is 5.79 Å². The lowest BCUT2D eigenvalue weighted by atomic mass is 9.84. The van der Waals surface area contributed by atoms with E-state index in [1.54, 1.807) is 0 Å². The second kappa shape index (κ2) is 7.02. The topological polar surface area (TPSA) is 38.8 Å². The first kappa shape index (κ1) is 16.5. The maximum atomic E-state index is 13.1. The highest BCUT2D eigenvalue weighted by atomic mass is 16.7. The summed E-state index contributed by atoms with van der Waals surface area (Å²) in [5.74, 6) is 0.105. The van der Waals surface area contributed by atoms with Crippen molar-refractivity contribution in [1.82, 2.24) is 4.90 Å². The highest BCUT2D eigenvalue weighted by Gasteiger charge is 2.42. The van der Waals surface area contributed by atoms with Gasteiger partial charge in [-0.25, -0.2) is 0 Å². The molecule has 2 aliphatic rings. The molecule has 2 fully saturated rings. The van der Waals surface area contributed by atoms with Crippen molar-refractivity contribution in [1.29, 1.82) is 0 Å². The molecule has 0 aromatic heterocycles. The van der Waals surface area contributed by atoms with Crippen molar-refractivity contribution in [3.8, 4) is 0 Å². The quantitative estimate of drug-likeness (QED) is 0.856. The second-order valence-electron chi connectivity index (χ2n) is 6.71. The van der Waals surface area contributed by atoms with Gasteiger partial charge >= 0.3 is 0 Å². The van der Waals surface area contributed by atoms with Gasteiger partial charge < -0.3 is 14.4 Å². The van der Waals surface area contributed by atoms with Gasteiger partial charge in [0.15, 0.2) is 5.79 Å². The van der Waals surface area contributed by atoms with E-state index in [1.807, 2.05) is 23.1 Å². The molecule has 2 aliphatic heterocycles. The normalized spacial score (nSPS) is 23.0. The van der Waals surface area contributed by atoms with Crippen molar-refractivity contribution in [3.05, 3.63) is 35.9 Å². The lowest BCUT2D eigenvalue weighted by Crippen LogP contribution is -2.49. The number of carbonyl (C=O) groups excluding carboxylic acids is 1. The number of hydrogen-bond acceptors (Lipinski definition) is 3. The van der Waals surface area contributed by atoms with Gasteiger partial charge in [0.2, 0.25) is 5.91 Å². The highest BCUT2D eigenvalue weighted by molar-refractivity contribution is 5.84. The second-order valence-corrected chi connectivity index (χ2v) is 6.71. The zero-order chi connectivity index (χ0) is 16.3. The van der Waals surface area contributed by atoms with Crippen LogP contribution in [-0.2, 0) is 14.3 Å². The molecule has 1 aromatic rings. The summed E-state index contributed by atoms with van der Waals surface area (Å²) in [6.45, 7) is 7.11. The molecule has 1 aromatic carbocycles. The number of nitrogens with zero attached hydrogens (tertiary/aromatic N) is 1. The van der Waals surface area contributed by atoms with Crippen LogP contribution in [0.4, 0.5) is 0 Å². The maximum Gasteiger partial charge on any atom is 0.230 e. The first-order valence-corrected chi connectivity index (χ1v) is 8.77. The smallest absolute Gasteiger partial charge is 0.230 e. The van der Waals surface area contributed by atoms with Crippen LogP contribution in [0.3, 0.4) is 0 Å². The van der Waals surface area contributed by atoms with Crippen molar-refractivity contribution in [3.63, 3.8) is 0 Å². The first-order valence-electron chi connectivity index (χ1n) is 8.77. The zero-order valence-corrected chi connectivity index (χ0v) is 14.2. The number of rotatable bonds is 4. The molecular formula is C19H27NO3. The van der Waals surface area contributed by atoms with Crippen LogP contribution in [0.1, 0.15) is 44.6 Å². The Labute approximate surface area is 138 Å². The Kier molecular flexibility index (Phi) is 5.02. The predicted octanol–water partition coefficient (Wildman–Crippen LogP) is 3.18. The van der Waals surface area contributed by atoms with Crippen LogP contribution in [0.2, 0.25) is 0 Å². The fraction of sp³-hybridized carbons (Fsp3) is 0.632. The van der Waals surface area contributed by atoms with Crippen LogP contribution in [-0.4, -0.2) is 42.9 Å². The van der Waals surface area contributed by atoms with Crippen molar-refractivity contribution < 1.29 is 14.3 Å². The third-order valence-electron chi connectivity index (χ3n) is 5.29. The molecule has 0 unspecified atom stereocenters. The van der Waals surface area contributed by atoms with Gasteiger partial charge in [-0.15, -0.1) is 0 Å². The molecule has 0 radical (unpaired) electrons. The average molecular weight is 317 g/mol. The van der Waals surface area contributed by atoms with Crippen LogP contribution in [0.5, 0.6) is 0 Å². The summed E-state index contributed by atoms with van der Waals surface area (Å²) in [4.78, 5) is 15.1. The molecule has 4 nitrogen and oxygen atoms in total. The van der Waals surface area contributed by atoms with Crippen LogP contribution in [0, 0.1) is 5.92 Å². The van der Waals surface area contributed by atoms with E-state index >= 15 is 0 Å². The number of ether oxygens (including phenoxy) is 2. The molecule has 0 saturated carbocycles. The Hall–Kier alpha value is -1.39. The maximum absolute atomic E-state index is 13.1. The third kappa shape index (κ3) is 3.43. The van der Waals surface area contributed by atoms with Crippen molar-refractivity contribution in [2.24, 2.45) is 5.92 Å². The molecule has 23 heavy (non-hydrogen) atoms. The Morgan fingerprint density at radius 2 is 1.78 bits per heavy atom. The van der Waals surface area contributed by atoms with Gasteiger partial charge in [-0.3, -0.25) is 4.79 Å². The molecule has 0 bridgehead atoms. The molecular weight excluding hydrogens is 290 g/mol. The minimum absolute atomic E-state index is 0.0549. The van der Waals surface area contributed by atoms with Gasteiger partial charge in [0.1, 0.15) is 0 Å². The summed E-state index contributed by atoms with van der Waals surface area (Å²) in [7, 11) is 0. The number of benzene rings is 1. The van der Waals surface area contributed by atoms with Crippen LogP contribution in [0.15, 0.2) is 30.3 Å². The SMILES string of the molecule is CC[C@H](C)[C@@H](C(=O)N1CCC2(CC1)OCCO2)c1ccccc1. The van der Waals surface area contributed by atoms with Crippen molar-refractivity contribution >= 4 is 5.91 Å². The molecule has 4 heteroatoms. The summed E-state index contributed by atoms with van der Waals surface area (Å²) in [6, 6.07) is 10.2. The molecule has 0 N–H and O–H groups in total. The van der Waals surface area contributed by atoms with Crippen LogP contribution in [0.25, 0.3) is 0 Å². The Bertz CT molecular complexity index is 515. The standard InChI is InChI=1S/C19H27NO3/c1-3-15(2)17(16-7-5-4-6-8-16)18(21)20-11-9-19(10-12-20)22-13-14-23-19/h4-8,15,17H,3,9-14H2,1-2H3/t15-,17+/m0/s1. The summed E-state index contributed by atoms with van der Waals surface area (Å²) in [5.41, 5.74) is 1.13. The number of likely N-dealkylation sites (tertiary alicyclic amines) is 1. The van der Waals surface area contributed by atoms with E-state index in [4.69, 9.17) is 9.47 Å². The Balaban J connectivity index is 1.72. The molecule has 1 amide bonds. The van der Waals surface area contributed by atoms with Crippen LogP contribution < -0.4 is 0 Å². The minimum atomic E-state index is -0.421. The first-order chi connectivity index (χ1) is 11.2. The van der Waals surface area contributed by atoms with E-state index in [0.29, 0.717) is 19.1 Å². The van der Waals surface area contributed by atoms with E-state index in [0.717, 1.165) is 37.9 Å². The number of amides is 1. The third-order valence-corrected chi connectivity index (χ3v) is 5.29. The molecule has 2 atom stereocenters. The molecule has 0 aliphatic carbocycles. The van der Waals surface area contributed by atoms with E-state index in [2.05, 4.69) is 26.0 Å². The number of piperidine rings is 1. The number of hydrogen-bond donors (Lipinski definition) is 0. The van der Waals surface area contributed by atoms with Gasteiger partial charge in [-0.05, 0) is 11.5 Å². The summed E-state index contributed by atoms with van der Waals surface area (Å²) in [6.07, 6.45) is 2.55. The minimum Gasteiger partial charge on any atom is -0.347 e.